The first kappa shape index (κ1) is 11.6. The Morgan fingerprint density at radius 2 is 1.59 bits per heavy atom. The van der Waals surface area contributed by atoms with Crippen molar-refractivity contribution in [1.29, 1.82) is 0 Å². The van der Waals surface area contributed by atoms with E-state index in [-0.39, 0.29) is 11.3 Å². The third-order valence-electron chi connectivity index (χ3n) is 2.22. The van der Waals surface area contributed by atoms with Crippen LogP contribution in [0.15, 0.2) is 42.5 Å². The number of pyridine rings is 1. The highest BCUT2D eigenvalue weighted by Gasteiger charge is 2.33. The van der Waals surface area contributed by atoms with Crippen LogP contribution in [0.1, 0.15) is 5.56 Å². The molecule has 0 N–H and O–H groups in total. The van der Waals surface area contributed by atoms with Crippen LogP contribution in [0.25, 0.3) is 11.3 Å². The quantitative estimate of drug-likeness (QED) is 0.545. The predicted octanol–water partition coefficient (Wildman–Crippen LogP) is 3.91. The molecule has 1 nitrogen and oxygen atoms in total. The standard InChI is InChI=1S/C12H7F4N/c13-11-7-3-6-10(17-11)8-4-1-2-5-9(8)12(14,15)16/h1-7H. The molecule has 0 spiro atoms. The first-order chi connectivity index (χ1) is 7.98. The Hall–Kier alpha value is -1.91. The molecule has 0 radical (unpaired) electrons. The van der Waals surface area contributed by atoms with Gasteiger partial charge in [0.2, 0.25) is 5.95 Å². The maximum Gasteiger partial charge on any atom is 0.417 e. The molecule has 1 aromatic carbocycles. The van der Waals surface area contributed by atoms with Crippen LogP contribution in [0.4, 0.5) is 17.6 Å². The lowest BCUT2D eigenvalue weighted by atomic mass is 10.0. The van der Waals surface area contributed by atoms with Gasteiger partial charge in [0.25, 0.3) is 0 Å². The van der Waals surface area contributed by atoms with E-state index in [2.05, 4.69) is 4.98 Å². The molecule has 17 heavy (non-hydrogen) atoms. The van der Waals surface area contributed by atoms with Gasteiger partial charge in [-0.3, -0.25) is 0 Å². The fraction of sp³-hybridized carbons (Fsp3) is 0.0833. The van der Waals surface area contributed by atoms with E-state index in [0.29, 0.717) is 0 Å². The number of nitrogens with zero attached hydrogens (tertiary/aromatic N) is 1. The van der Waals surface area contributed by atoms with E-state index in [4.69, 9.17) is 0 Å². The molecule has 2 aromatic rings. The van der Waals surface area contributed by atoms with Crippen LogP contribution in [0.3, 0.4) is 0 Å². The number of hydrogen-bond acceptors (Lipinski definition) is 1. The molecular weight excluding hydrogens is 234 g/mol. The van der Waals surface area contributed by atoms with Gasteiger partial charge in [0, 0.05) is 5.56 Å². The van der Waals surface area contributed by atoms with Crippen LogP contribution in [0.5, 0.6) is 0 Å². The van der Waals surface area contributed by atoms with E-state index in [1.54, 1.807) is 0 Å². The molecule has 1 heterocycles. The summed E-state index contributed by atoms with van der Waals surface area (Å²) < 4.78 is 51.0. The van der Waals surface area contributed by atoms with Gasteiger partial charge in [0.05, 0.1) is 11.3 Å². The summed E-state index contributed by atoms with van der Waals surface area (Å²) in [4.78, 5) is 3.45. The van der Waals surface area contributed by atoms with Gasteiger partial charge in [-0.2, -0.15) is 17.6 Å². The Kier molecular flexibility index (Phi) is 2.83. The van der Waals surface area contributed by atoms with Crippen molar-refractivity contribution in [3.63, 3.8) is 0 Å². The zero-order valence-electron chi connectivity index (χ0n) is 8.50. The number of benzene rings is 1. The van der Waals surface area contributed by atoms with Crippen LogP contribution in [-0.2, 0) is 6.18 Å². The zero-order valence-corrected chi connectivity index (χ0v) is 8.50. The van der Waals surface area contributed by atoms with Gasteiger partial charge < -0.3 is 0 Å². The topological polar surface area (TPSA) is 12.9 Å². The van der Waals surface area contributed by atoms with Crippen LogP contribution in [0, 0.1) is 5.95 Å². The lowest BCUT2D eigenvalue weighted by molar-refractivity contribution is -0.137. The van der Waals surface area contributed by atoms with E-state index in [0.717, 1.165) is 12.1 Å². The number of rotatable bonds is 1. The summed E-state index contributed by atoms with van der Waals surface area (Å²) in [6, 6.07) is 8.70. The maximum atomic E-state index is 12.9. The van der Waals surface area contributed by atoms with Gasteiger partial charge in [-0.25, -0.2) is 4.98 Å². The molecule has 0 fully saturated rings. The number of halogens is 4. The van der Waals surface area contributed by atoms with Crippen molar-refractivity contribution in [2.24, 2.45) is 0 Å². The van der Waals surface area contributed by atoms with E-state index >= 15 is 0 Å². The Labute approximate surface area is 94.7 Å². The van der Waals surface area contributed by atoms with E-state index in [1.807, 2.05) is 0 Å². The van der Waals surface area contributed by atoms with E-state index < -0.39 is 17.7 Å². The first-order valence-electron chi connectivity index (χ1n) is 4.77. The Morgan fingerprint density at radius 3 is 2.24 bits per heavy atom. The summed E-state index contributed by atoms with van der Waals surface area (Å²) in [5.41, 5.74) is -0.976. The fourth-order valence-corrected chi connectivity index (χ4v) is 1.51. The molecule has 2 rings (SSSR count). The maximum absolute atomic E-state index is 12.9. The summed E-state index contributed by atoms with van der Waals surface area (Å²) >= 11 is 0. The molecule has 5 heteroatoms. The number of aromatic nitrogens is 1. The molecular formula is C12H7F4N. The Morgan fingerprint density at radius 1 is 0.882 bits per heavy atom. The lowest BCUT2D eigenvalue weighted by Gasteiger charge is -2.11. The van der Waals surface area contributed by atoms with Crippen molar-refractivity contribution in [1.82, 2.24) is 4.98 Å². The Balaban J connectivity index is 2.60. The second-order valence-corrected chi connectivity index (χ2v) is 3.39. The molecule has 0 unspecified atom stereocenters. The summed E-state index contributed by atoms with van der Waals surface area (Å²) in [5, 5.41) is 0. The highest BCUT2D eigenvalue weighted by molar-refractivity contribution is 5.64. The van der Waals surface area contributed by atoms with Gasteiger partial charge in [-0.15, -0.1) is 0 Å². The first-order valence-corrected chi connectivity index (χ1v) is 4.77. The fourth-order valence-electron chi connectivity index (χ4n) is 1.51. The third-order valence-corrected chi connectivity index (χ3v) is 2.22. The van der Waals surface area contributed by atoms with E-state index in [9.17, 15) is 17.6 Å². The second kappa shape index (κ2) is 4.16. The molecule has 0 bridgehead atoms. The summed E-state index contributed by atoms with van der Waals surface area (Å²) in [5.74, 6) is -0.806. The lowest BCUT2D eigenvalue weighted by Crippen LogP contribution is -2.07. The largest absolute Gasteiger partial charge is 0.417 e. The minimum Gasteiger partial charge on any atom is -0.220 e. The average molecular weight is 241 g/mol. The molecule has 0 aliphatic rings. The minimum atomic E-state index is -4.48. The molecule has 0 aliphatic carbocycles. The van der Waals surface area contributed by atoms with Gasteiger partial charge in [-0.1, -0.05) is 24.3 Å². The molecule has 0 saturated heterocycles. The van der Waals surface area contributed by atoms with E-state index in [1.165, 1.54) is 30.3 Å². The minimum absolute atomic E-state index is 0.0297. The molecule has 88 valence electrons. The van der Waals surface area contributed by atoms with Gasteiger partial charge >= 0.3 is 6.18 Å². The van der Waals surface area contributed by atoms with Crippen LogP contribution < -0.4 is 0 Å². The van der Waals surface area contributed by atoms with Gasteiger partial charge in [-0.05, 0) is 18.2 Å². The van der Waals surface area contributed by atoms with Crippen LogP contribution in [0.2, 0.25) is 0 Å². The number of alkyl halides is 3. The van der Waals surface area contributed by atoms with Crippen molar-refractivity contribution in [3.05, 3.63) is 54.0 Å². The van der Waals surface area contributed by atoms with Crippen molar-refractivity contribution >= 4 is 0 Å². The smallest absolute Gasteiger partial charge is 0.220 e. The monoisotopic (exact) mass is 241 g/mol. The highest BCUT2D eigenvalue weighted by atomic mass is 19.4. The number of hydrogen-bond donors (Lipinski definition) is 0. The van der Waals surface area contributed by atoms with Crippen LogP contribution >= 0.6 is 0 Å². The Bertz CT molecular complexity index is 534. The highest BCUT2D eigenvalue weighted by Crippen LogP contribution is 2.36. The van der Waals surface area contributed by atoms with Crippen molar-refractivity contribution in [2.75, 3.05) is 0 Å². The zero-order chi connectivity index (χ0) is 12.5. The molecule has 1 aromatic heterocycles. The summed E-state index contributed by atoms with van der Waals surface area (Å²) in [6.07, 6.45) is -4.48. The molecule has 0 saturated carbocycles. The molecule has 0 amide bonds. The SMILES string of the molecule is Fc1cccc(-c2ccccc2C(F)(F)F)n1. The van der Waals surface area contributed by atoms with Crippen molar-refractivity contribution < 1.29 is 17.6 Å². The van der Waals surface area contributed by atoms with Gasteiger partial charge in [0.1, 0.15) is 0 Å². The average Bonchev–Trinajstić information content (AvgIpc) is 2.28. The predicted molar refractivity (Wildman–Crippen MR) is 54.6 cm³/mol. The van der Waals surface area contributed by atoms with Crippen molar-refractivity contribution in [2.45, 2.75) is 6.18 Å². The molecule has 0 aliphatic heterocycles. The normalized spacial score (nSPS) is 11.5. The van der Waals surface area contributed by atoms with Crippen molar-refractivity contribution in [3.8, 4) is 11.3 Å². The van der Waals surface area contributed by atoms with Crippen LogP contribution in [-0.4, -0.2) is 4.98 Å². The second-order valence-electron chi connectivity index (χ2n) is 3.39. The third kappa shape index (κ3) is 2.43. The van der Waals surface area contributed by atoms with Gasteiger partial charge in [0.15, 0.2) is 0 Å². The summed E-state index contributed by atoms with van der Waals surface area (Å²) in [7, 11) is 0. The molecule has 0 atom stereocenters. The summed E-state index contributed by atoms with van der Waals surface area (Å²) in [6.45, 7) is 0.